The van der Waals surface area contributed by atoms with E-state index < -0.39 is 0 Å². The van der Waals surface area contributed by atoms with Gasteiger partial charge in [-0.3, -0.25) is 4.79 Å². The topological polar surface area (TPSA) is 94.0 Å². The summed E-state index contributed by atoms with van der Waals surface area (Å²) in [5.74, 6) is 1.86. The van der Waals surface area contributed by atoms with Gasteiger partial charge in [-0.25, -0.2) is 4.68 Å². The van der Waals surface area contributed by atoms with E-state index in [1.807, 2.05) is 18.2 Å². The highest BCUT2D eigenvalue weighted by atomic mass is 16.5. The van der Waals surface area contributed by atoms with Crippen LogP contribution in [-0.2, 0) is 0 Å². The number of carbonyl (C=O) groups excluding carboxylic acids is 1. The second kappa shape index (κ2) is 7.91. The lowest BCUT2D eigenvalue weighted by molar-refractivity contribution is 0.0955. The Morgan fingerprint density at radius 3 is 2.60 bits per heavy atom. The zero-order valence-corrected chi connectivity index (χ0v) is 13.7. The lowest BCUT2D eigenvalue weighted by atomic mass is 10.2. The third kappa shape index (κ3) is 4.31. The fraction of sp³-hybridized carbons (Fsp3) is 0.176. The number of nitrogens with one attached hydrogen (secondary N) is 2. The molecule has 0 saturated carbocycles. The van der Waals surface area contributed by atoms with Crippen molar-refractivity contribution in [2.75, 3.05) is 25.5 Å². The monoisotopic (exact) mass is 338 g/mol. The number of hydrogen-bond donors (Lipinski definition) is 2. The van der Waals surface area contributed by atoms with Gasteiger partial charge in [-0.15, -0.1) is 10.2 Å². The second-order valence-electron chi connectivity index (χ2n) is 5.14. The quantitative estimate of drug-likeness (QED) is 0.634. The third-order valence-corrected chi connectivity index (χ3v) is 3.46. The fourth-order valence-corrected chi connectivity index (χ4v) is 2.16. The molecule has 2 N–H and O–H groups in total. The van der Waals surface area contributed by atoms with Gasteiger partial charge in [0.25, 0.3) is 5.91 Å². The number of anilines is 1. The fourth-order valence-electron chi connectivity index (χ4n) is 2.16. The van der Waals surface area contributed by atoms with Gasteiger partial charge in [0.1, 0.15) is 11.6 Å². The van der Waals surface area contributed by atoms with E-state index in [-0.39, 0.29) is 5.91 Å². The molecule has 2 aromatic heterocycles. The van der Waals surface area contributed by atoms with Gasteiger partial charge in [-0.1, -0.05) is 0 Å². The van der Waals surface area contributed by atoms with E-state index in [9.17, 15) is 4.79 Å². The number of ether oxygens (including phenoxy) is 1. The predicted molar refractivity (Wildman–Crippen MR) is 93.0 cm³/mol. The first-order valence-corrected chi connectivity index (χ1v) is 7.76. The molecule has 0 aliphatic carbocycles. The number of rotatable bonds is 7. The average molecular weight is 338 g/mol. The lowest BCUT2D eigenvalue weighted by Gasteiger charge is -2.08. The van der Waals surface area contributed by atoms with Crippen molar-refractivity contribution in [3.05, 3.63) is 60.4 Å². The highest BCUT2D eigenvalue weighted by Gasteiger charge is 2.05. The first kappa shape index (κ1) is 16.4. The van der Waals surface area contributed by atoms with Crippen LogP contribution >= 0.6 is 0 Å². The largest absolute Gasteiger partial charge is 0.497 e. The molecule has 25 heavy (non-hydrogen) atoms. The summed E-state index contributed by atoms with van der Waals surface area (Å²) in [6.07, 6.45) is 3.48. The van der Waals surface area contributed by atoms with Crippen LogP contribution in [0.1, 0.15) is 10.4 Å². The van der Waals surface area contributed by atoms with E-state index in [0.29, 0.717) is 30.3 Å². The smallest absolute Gasteiger partial charge is 0.251 e. The zero-order chi connectivity index (χ0) is 17.5. The van der Waals surface area contributed by atoms with Gasteiger partial charge in [0.15, 0.2) is 5.82 Å². The molecule has 0 bridgehead atoms. The Bertz CT molecular complexity index is 800. The van der Waals surface area contributed by atoms with Crippen molar-refractivity contribution in [1.29, 1.82) is 0 Å². The van der Waals surface area contributed by atoms with Crippen LogP contribution in [0.5, 0.6) is 5.75 Å². The van der Waals surface area contributed by atoms with Gasteiger partial charge < -0.3 is 15.4 Å². The van der Waals surface area contributed by atoms with Gasteiger partial charge in [-0.05, 0) is 42.5 Å². The Morgan fingerprint density at radius 2 is 1.96 bits per heavy atom. The van der Waals surface area contributed by atoms with E-state index in [4.69, 9.17) is 4.74 Å². The third-order valence-electron chi connectivity index (χ3n) is 3.46. The number of nitrogens with zero attached hydrogens (tertiary/aromatic N) is 4. The second-order valence-corrected chi connectivity index (χ2v) is 5.14. The Labute approximate surface area is 144 Å². The molecule has 0 radical (unpaired) electrons. The summed E-state index contributed by atoms with van der Waals surface area (Å²) in [7, 11) is 1.59. The number of carbonyl (C=O) groups is 1. The number of benzene rings is 1. The first-order chi connectivity index (χ1) is 12.3. The minimum absolute atomic E-state index is 0.135. The molecule has 8 nitrogen and oxygen atoms in total. The van der Waals surface area contributed by atoms with Gasteiger partial charge in [0.2, 0.25) is 0 Å². The van der Waals surface area contributed by atoms with Crippen LogP contribution in [0.15, 0.2) is 54.9 Å². The molecule has 0 spiro atoms. The minimum Gasteiger partial charge on any atom is -0.497 e. The maximum absolute atomic E-state index is 12.0. The van der Waals surface area contributed by atoms with Crippen LogP contribution < -0.4 is 15.4 Å². The Balaban J connectivity index is 1.44. The normalized spacial score (nSPS) is 10.3. The van der Waals surface area contributed by atoms with Crippen LogP contribution in [0.2, 0.25) is 0 Å². The molecular formula is C17H18N6O2. The SMILES string of the molecule is COc1ccc(C(=O)NCCNc2ccc(-n3cccn3)nn2)cc1. The highest BCUT2D eigenvalue weighted by Crippen LogP contribution is 2.11. The summed E-state index contributed by atoms with van der Waals surface area (Å²) in [4.78, 5) is 12.0. The van der Waals surface area contributed by atoms with Gasteiger partial charge >= 0.3 is 0 Å². The summed E-state index contributed by atoms with van der Waals surface area (Å²) >= 11 is 0. The molecule has 0 saturated heterocycles. The van der Waals surface area contributed by atoms with Crippen molar-refractivity contribution >= 4 is 11.7 Å². The van der Waals surface area contributed by atoms with Gasteiger partial charge in [0.05, 0.1) is 7.11 Å². The molecule has 0 aliphatic heterocycles. The van der Waals surface area contributed by atoms with E-state index in [0.717, 1.165) is 5.75 Å². The van der Waals surface area contributed by atoms with Crippen LogP contribution in [0.4, 0.5) is 5.82 Å². The van der Waals surface area contributed by atoms with Crippen LogP contribution in [0.3, 0.4) is 0 Å². The molecule has 128 valence electrons. The van der Waals surface area contributed by atoms with Crippen molar-refractivity contribution in [3.8, 4) is 11.6 Å². The Hall–Kier alpha value is -3.42. The van der Waals surface area contributed by atoms with E-state index in [1.54, 1.807) is 48.5 Å². The van der Waals surface area contributed by atoms with Crippen LogP contribution in [-0.4, -0.2) is 46.1 Å². The van der Waals surface area contributed by atoms with Crippen LogP contribution in [0, 0.1) is 0 Å². The van der Waals surface area contributed by atoms with E-state index in [2.05, 4.69) is 25.9 Å². The number of amides is 1. The Kier molecular flexibility index (Phi) is 5.20. The molecule has 3 rings (SSSR count). The molecular weight excluding hydrogens is 320 g/mol. The standard InChI is InChI=1S/C17H18N6O2/c1-25-14-5-3-13(4-6-14)17(24)19-11-10-18-15-7-8-16(22-21-15)23-12-2-9-20-23/h2-9,12H,10-11H2,1H3,(H,18,21)(H,19,24). The number of methoxy groups -OCH3 is 1. The molecule has 0 fully saturated rings. The lowest BCUT2D eigenvalue weighted by Crippen LogP contribution is -2.28. The summed E-state index contributed by atoms with van der Waals surface area (Å²) in [6.45, 7) is 1.01. The predicted octanol–water partition coefficient (Wildman–Crippen LogP) is 1.51. The van der Waals surface area contributed by atoms with Gasteiger partial charge in [-0.2, -0.15) is 5.10 Å². The molecule has 2 heterocycles. The molecule has 1 aromatic carbocycles. The van der Waals surface area contributed by atoms with Crippen molar-refractivity contribution in [2.45, 2.75) is 0 Å². The number of hydrogen-bond acceptors (Lipinski definition) is 6. The molecule has 3 aromatic rings. The van der Waals surface area contributed by atoms with Crippen molar-refractivity contribution in [1.82, 2.24) is 25.3 Å². The van der Waals surface area contributed by atoms with Crippen molar-refractivity contribution in [2.24, 2.45) is 0 Å². The van der Waals surface area contributed by atoms with Crippen LogP contribution in [0.25, 0.3) is 5.82 Å². The Morgan fingerprint density at radius 1 is 1.12 bits per heavy atom. The van der Waals surface area contributed by atoms with Crippen molar-refractivity contribution < 1.29 is 9.53 Å². The summed E-state index contributed by atoms with van der Waals surface area (Å²) in [6, 6.07) is 12.4. The van der Waals surface area contributed by atoms with E-state index >= 15 is 0 Å². The molecule has 8 heteroatoms. The molecule has 0 atom stereocenters. The van der Waals surface area contributed by atoms with E-state index in [1.165, 1.54) is 0 Å². The van der Waals surface area contributed by atoms with Crippen molar-refractivity contribution in [3.63, 3.8) is 0 Å². The highest BCUT2D eigenvalue weighted by molar-refractivity contribution is 5.94. The molecule has 0 unspecified atom stereocenters. The molecule has 0 aliphatic rings. The van der Waals surface area contributed by atoms with Gasteiger partial charge in [0, 0.05) is 31.0 Å². The summed E-state index contributed by atoms with van der Waals surface area (Å²) in [5.41, 5.74) is 0.587. The minimum atomic E-state index is -0.135. The summed E-state index contributed by atoms with van der Waals surface area (Å²) in [5, 5.41) is 18.2. The first-order valence-electron chi connectivity index (χ1n) is 7.76. The number of aromatic nitrogens is 4. The maximum Gasteiger partial charge on any atom is 0.251 e. The summed E-state index contributed by atoms with van der Waals surface area (Å²) < 4.78 is 6.70. The average Bonchev–Trinajstić information content (AvgIpc) is 3.20. The maximum atomic E-state index is 12.0. The molecule has 1 amide bonds. The zero-order valence-electron chi connectivity index (χ0n) is 13.7.